The third-order valence-corrected chi connectivity index (χ3v) is 13.0. The number of nitrogens with zero attached hydrogens (tertiary/aromatic N) is 4. The number of allylic oxidation sites excluding steroid dienone is 1. The fourth-order valence-electron chi connectivity index (χ4n) is 9.78. The van der Waals surface area contributed by atoms with E-state index < -0.39 is 17.1 Å². The monoisotopic (exact) mass is 624 g/mol. The largest absolute Gasteiger partial charge is 0.393 e. The van der Waals surface area contributed by atoms with Gasteiger partial charge in [0.1, 0.15) is 22.8 Å². The number of Topliss-reactive ketones (excluding diaryl/α,β-unsaturated/α-hetero) is 1. The van der Waals surface area contributed by atoms with Gasteiger partial charge in [-0.05, 0) is 104 Å². The molecule has 7 atom stereocenters. The fourth-order valence-corrected chi connectivity index (χ4v) is 10.7. The summed E-state index contributed by atoms with van der Waals surface area (Å²) in [5.74, 6) is 0.0402. The minimum absolute atomic E-state index is 0.0251. The molecule has 8 rings (SSSR count). The summed E-state index contributed by atoms with van der Waals surface area (Å²) in [6, 6.07) is 14.1. The van der Waals surface area contributed by atoms with Crippen molar-refractivity contribution in [3.05, 3.63) is 83.7 Å². The summed E-state index contributed by atoms with van der Waals surface area (Å²) in [6.45, 7) is 4.33. The van der Waals surface area contributed by atoms with Crippen molar-refractivity contribution in [3.63, 3.8) is 0 Å². The lowest BCUT2D eigenvalue weighted by atomic mass is 9.45. The van der Waals surface area contributed by atoms with Crippen molar-refractivity contribution in [2.24, 2.45) is 28.6 Å². The third kappa shape index (κ3) is 4.23. The molecule has 7 unspecified atom stereocenters. The molecule has 0 saturated heterocycles. The maximum Gasteiger partial charge on any atom is 0.175 e. The number of thioether (sulfide) groups is 1. The Hall–Kier alpha value is -3.40. The van der Waals surface area contributed by atoms with Crippen LogP contribution in [0.25, 0.3) is 22.7 Å². The SMILES string of the molecule is CC12Cc3cnn(-c4ccc(F)cc4)c3C=C1CCC1C2C(O)CC2(C)C1CCC2(O)C(=O)CSc1ncnc2ccccc12. The van der Waals surface area contributed by atoms with Crippen LogP contribution in [0, 0.1) is 34.4 Å². The van der Waals surface area contributed by atoms with Gasteiger partial charge >= 0.3 is 0 Å². The topological polar surface area (TPSA) is 101 Å². The molecule has 45 heavy (non-hydrogen) atoms. The second kappa shape index (κ2) is 10.3. The van der Waals surface area contributed by atoms with Crippen molar-refractivity contribution >= 4 is 34.5 Å². The van der Waals surface area contributed by atoms with Crippen LogP contribution in [0.3, 0.4) is 0 Å². The van der Waals surface area contributed by atoms with Gasteiger partial charge in [0.25, 0.3) is 0 Å². The second-order valence-corrected chi connectivity index (χ2v) is 15.0. The van der Waals surface area contributed by atoms with Gasteiger partial charge in [0.15, 0.2) is 5.78 Å². The number of rotatable bonds is 5. The van der Waals surface area contributed by atoms with E-state index in [1.807, 2.05) is 42.1 Å². The van der Waals surface area contributed by atoms with E-state index in [2.05, 4.69) is 28.1 Å². The maximum absolute atomic E-state index is 13.9. The zero-order valence-electron chi connectivity index (χ0n) is 25.5. The molecule has 0 aliphatic heterocycles. The summed E-state index contributed by atoms with van der Waals surface area (Å²) >= 11 is 1.36. The van der Waals surface area contributed by atoms with Gasteiger partial charge in [-0.1, -0.05) is 49.4 Å². The highest BCUT2D eigenvalue weighted by Gasteiger charge is 2.68. The van der Waals surface area contributed by atoms with E-state index in [-0.39, 0.29) is 40.5 Å². The molecular formula is C36H37FN4O3S. The summed E-state index contributed by atoms with van der Waals surface area (Å²) in [6.07, 6.45) is 9.19. The van der Waals surface area contributed by atoms with E-state index in [1.54, 1.807) is 12.1 Å². The lowest BCUT2D eigenvalue weighted by molar-refractivity contribution is -0.177. The first-order valence-corrected chi connectivity index (χ1v) is 16.9. The molecule has 2 aromatic carbocycles. The van der Waals surface area contributed by atoms with Crippen LogP contribution in [0.1, 0.15) is 57.2 Å². The maximum atomic E-state index is 13.9. The molecule has 2 N–H and O–H groups in total. The van der Waals surface area contributed by atoms with Crippen LogP contribution >= 0.6 is 11.8 Å². The van der Waals surface area contributed by atoms with Gasteiger partial charge < -0.3 is 10.2 Å². The zero-order valence-corrected chi connectivity index (χ0v) is 26.3. The van der Waals surface area contributed by atoms with Crippen molar-refractivity contribution < 1.29 is 19.4 Å². The number of hydrogen-bond donors (Lipinski definition) is 2. The standard InChI is InChI=1S/C36H37FN4O3S/c1-34-16-21-18-40-41(24-10-8-23(37)9-11-24)29(21)15-22(34)7-12-25-27-13-14-36(44,35(27,2)17-30(42)32(25)34)31(43)19-45-33-26-5-3-4-6-28(26)38-20-39-33/h3-6,8-11,15,18,20,25,27,30,32,42,44H,7,12-14,16-17,19H2,1-2H3. The predicted molar refractivity (Wildman–Crippen MR) is 171 cm³/mol. The van der Waals surface area contributed by atoms with Crippen molar-refractivity contribution in [2.75, 3.05) is 5.75 Å². The first kappa shape index (κ1) is 29.0. The Morgan fingerprint density at radius 1 is 1.11 bits per heavy atom. The number of aromatic nitrogens is 4. The number of hydrogen-bond acceptors (Lipinski definition) is 7. The number of benzene rings is 2. The average molecular weight is 625 g/mol. The number of ketones is 1. The molecule has 0 spiro atoms. The number of carbonyl (C=O) groups is 1. The molecule has 0 amide bonds. The summed E-state index contributed by atoms with van der Waals surface area (Å²) in [4.78, 5) is 22.7. The zero-order chi connectivity index (χ0) is 31.1. The smallest absolute Gasteiger partial charge is 0.175 e. The molecule has 9 heteroatoms. The molecule has 3 fully saturated rings. The molecule has 2 aromatic heterocycles. The molecule has 232 valence electrons. The highest BCUT2D eigenvalue weighted by Crippen LogP contribution is 2.67. The number of aliphatic hydroxyl groups excluding tert-OH is 1. The normalized spacial score (nSPS) is 33.6. The minimum Gasteiger partial charge on any atom is -0.393 e. The van der Waals surface area contributed by atoms with Crippen LogP contribution in [-0.4, -0.2) is 53.2 Å². The van der Waals surface area contributed by atoms with Gasteiger partial charge in [-0.2, -0.15) is 5.10 Å². The van der Waals surface area contributed by atoms with E-state index in [1.165, 1.54) is 35.8 Å². The highest BCUT2D eigenvalue weighted by molar-refractivity contribution is 8.00. The highest BCUT2D eigenvalue weighted by atomic mass is 32.2. The lowest BCUT2D eigenvalue weighted by Crippen LogP contribution is -2.62. The number of fused-ring (bicyclic) bond motifs is 7. The number of para-hydroxylation sites is 1. The Labute approximate surface area is 266 Å². The van der Waals surface area contributed by atoms with Crippen molar-refractivity contribution in [3.8, 4) is 5.69 Å². The van der Waals surface area contributed by atoms with Crippen molar-refractivity contribution in [1.82, 2.24) is 19.7 Å². The van der Waals surface area contributed by atoms with Gasteiger partial charge in [-0.15, -0.1) is 0 Å². The van der Waals surface area contributed by atoms with Crippen LogP contribution in [0.5, 0.6) is 0 Å². The molecule has 4 aliphatic carbocycles. The average Bonchev–Trinajstić information content (AvgIpc) is 3.55. The summed E-state index contributed by atoms with van der Waals surface area (Å²) in [7, 11) is 0. The van der Waals surface area contributed by atoms with E-state index in [4.69, 9.17) is 0 Å². The molecule has 0 bridgehead atoms. The summed E-state index contributed by atoms with van der Waals surface area (Å²) in [5, 5.41) is 30.5. The van der Waals surface area contributed by atoms with E-state index in [0.717, 1.165) is 58.6 Å². The van der Waals surface area contributed by atoms with Gasteiger partial charge in [0.05, 0.1) is 35.0 Å². The van der Waals surface area contributed by atoms with Gasteiger partial charge in [0.2, 0.25) is 0 Å². The Balaban J connectivity index is 1.05. The molecule has 3 saturated carbocycles. The molecule has 7 nitrogen and oxygen atoms in total. The van der Waals surface area contributed by atoms with Crippen molar-refractivity contribution in [1.29, 1.82) is 0 Å². The van der Waals surface area contributed by atoms with Crippen LogP contribution in [0.2, 0.25) is 0 Å². The lowest BCUT2D eigenvalue weighted by Gasteiger charge is -2.60. The van der Waals surface area contributed by atoms with E-state index >= 15 is 0 Å². The van der Waals surface area contributed by atoms with Crippen LogP contribution in [-0.2, 0) is 11.2 Å². The van der Waals surface area contributed by atoms with Crippen LogP contribution in [0.15, 0.2) is 71.7 Å². The first-order valence-electron chi connectivity index (χ1n) is 15.9. The summed E-state index contributed by atoms with van der Waals surface area (Å²) in [5.41, 5.74) is 2.67. The number of carbonyl (C=O) groups excluding carboxylic acids is 1. The Bertz CT molecular complexity index is 1850. The van der Waals surface area contributed by atoms with Gasteiger partial charge in [-0.3, -0.25) is 4.79 Å². The number of aliphatic hydroxyl groups is 2. The van der Waals surface area contributed by atoms with Crippen LogP contribution in [0.4, 0.5) is 4.39 Å². The predicted octanol–water partition coefficient (Wildman–Crippen LogP) is 6.20. The van der Waals surface area contributed by atoms with E-state index in [0.29, 0.717) is 12.8 Å². The van der Waals surface area contributed by atoms with Gasteiger partial charge in [0, 0.05) is 10.8 Å². The Morgan fingerprint density at radius 3 is 2.73 bits per heavy atom. The number of halogens is 1. The Morgan fingerprint density at radius 2 is 1.91 bits per heavy atom. The van der Waals surface area contributed by atoms with Crippen LogP contribution < -0.4 is 0 Å². The fraction of sp³-hybridized carbons (Fsp3) is 0.444. The Kier molecular flexibility index (Phi) is 6.65. The van der Waals surface area contributed by atoms with E-state index in [9.17, 15) is 19.4 Å². The first-order chi connectivity index (χ1) is 21.6. The molecule has 4 aromatic rings. The quantitative estimate of drug-likeness (QED) is 0.201. The molecule has 2 heterocycles. The second-order valence-electron chi connectivity index (χ2n) is 14.0. The van der Waals surface area contributed by atoms with Crippen molar-refractivity contribution in [2.45, 2.75) is 69.1 Å². The molecular weight excluding hydrogens is 587 g/mol. The van der Waals surface area contributed by atoms with Gasteiger partial charge in [-0.25, -0.2) is 19.0 Å². The third-order valence-electron chi connectivity index (χ3n) is 12.0. The summed E-state index contributed by atoms with van der Waals surface area (Å²) < 4.78 is 15.5. The molecule has 4 aliphatic rings. The molecule has 0 radical (unpaired) electrons. The minimum atomic E-state index is -1.49.